The highest BCUT2D eigenvalue weighted by Crippen LogP contribution is 2.22. The van der Waals surface area contributed by atoms with Gasteiger partial charge in [-0.2, -0.15) is 5.10 Å². The smallest absolute Gasteiger partial charge is 0.211 e. The molecular formula is C15H30N4. The summed E-state index contributed by atoms with van der Waals surface area (Å²) in [4.78, 5) is 0. The lowest BCUT2D eigenvalue weighted by Gasteiger charge is -2.17. The Labute approximate surface area is 117 Å². The summed E-state index contributed by atoms with van der Waals surface area (Å²) < 4.78 is 0. The Morgan fingerprint density at radius 2 is 1.16 bits per heavy atom. The first kappa shape index (κ1) is 16.0. The summed E-state index contributed by atoms with van der Waals surface area (Å²) in [6.45, 7) is 2.06. The second-order valence-corrected chi connectivity index (χ2v) is 5.72. The summed E-state index contributed by atoms with van der Waals surface area (Å²) in [6.07, 6.45) is 14.8. The van der Waals surface area contributed by atoms with Gasteiger partial charge in [0, 0.05) is 5.71 Å². The first-order valence-electron chi connectivity index (χ1n) is 7.83. The van der Waals surface area contributed by atoms with E-state index in [0.717, 1.165) is 5.71 Å². The fourth-order valence-electron chi connectivity index (χ4n) is 2.80. The topological polar surface area (TPSA) is 76.8 Å². The Kier molecular flexibility index (Phi) is 8.26. The molecule has 1 aliphatic rings. The summed E-state index contributed by atoms with van der Waals surface area (Å²) in [5, 5.41) is 7.96. The molecule has 0 atom stereocenters. The fourth-order valence-corrected chi connectivity index (χ4v) is 2.80. The molecule has 4 nitrogen and oxygen atoms in total. The van der Waals surface area contributed by atoms with E-state index in [1.165, 1.54) is 70.6 Å². The van der Waals surface area contributed by atoms with Gasteiger partial charge in [-0.1, -0.05) is 57.8 Å². The van der Waals surface area contributed by atoms with Crippen molar-refractivity contribution in [3.8, 4) is 0 Å². The molecule has 0 aromatic heterocycles. The van der Waals surface area contributed by atoms with Gasteiger partial charge < -0.3 is 11.5 Å². The van der Waals surface area contributed by atoms with E-state index in [2.05, 4.69) is 17.1 Å². The molecule has 0 aromatic carbocycles. The van der Waals surface area contributed by atoms with Gasteiger partial charge in [-0.25, -0.2) is 0 Å². The molecule has 1 rings (SSSR count). The first-order valence-corrected chi connectivity index (χ1v) is 7.83. The van der Waals surface area contributed by atoms with Gasteiger partial charge in [-0.3, -0.25) is 0 Å². The third-order valence-corrected chi connectivity index (χ3v) is 4.02. The fraction of sp³-hybridized carbons (Fsp3) is 0.867. The third kappa shape index (κ3) is 7.85. The Morgan fingerprint density at radius 1 is 0.737 bits per heavy atom. The highest BCUT2D eigenvalue weighted by molar-refractivity contribution is 5.85. The minimum absolute atomic E-state index is 0.0486. The zero-order valence-electron chi connectivity index (χ0n) is 12.4. The van der Waals surface area contributed by atoms with Crippen molar-refractivity contribution in [2.24, 2.45) is 27.6 Å². The van der Waals surface area contributed by atoms with Gasteiger partial charge >= 0.3 is 0 Å². The van der Waals surface area contributed by atoms with Crippen LogP contribution in [0, 0.1) is 5.92 Å². The molecule has 0 unspecified atom stereocenters. The Balaban J connectivity index is 2.50. The molecule has 0 heterocycles. The largest absolute Gasteiger partial charge is 0.369 e. The number of nitrogens with two attached hydrogens (primary N) is 2. The minimum atomic E-state index is 0.0486. The number of hydrogen-bond donors (Lipinski definition) is 2. The predicted molar refractivity (Wildman–Crippen MR) is 83.2 cm³/mol. The maximum atomic E-state index is 5.33. The van der Waals surface area contributed by atoms with Crippen LogP contribution in [0.1, 0.15) is 77.6 Å². The van der Waals surface area contributed by atoms with Crippen LogP contribution in [0.5, 0.6) is 0 Å². The molecule has 0 spiro atoms. The molecule has 19 heavy (non-hydrogen) atoms. The summed E-state index contributed by atoms with van der Waals surface area (Å²) in [7, 11) is 0. The lowest BCUT2D eigenvalue weighted by Crippen LogP contribution is -2.22. The van der Waals surface area contributed by atoms with Crippen molar-refractivity contribution in [2.75, 3.05) is 0 Å². The molecular weight excluding hydrogens is 236 g/mol. The van der Waals surface area contributed by atoms with Crippen molar-refractivity contribution in [3.63, 3.8) is 0 Å². The van der Waals surface area contributed by atoms with Crippen LogP contribution < -0.4 is 11.5 Å². The van der Waals surface area contributed by atoms with Crippen LogP contribution in [0.25, 0.3) is 0 Å². The average Bonchev–Trinajstić information content (AvgIpc) is 2.36. The van der Waals surface area contributed by atoms with E-state index in [1.807, 2.05) is 0 Å². The normalized spacial score (nSPS) is 21.2. The van der Waals surface area contributed by atoms with E-state index in [4.69, 9.17) is 11.5 Å². The molecule has 0 aliphatic heterocycles. The lowest BCUT2D eigenvalue weighted by molar-refractivity contribution is 0.463. The second kappa shape index (κ2) is 9.82. The molecule has 4 N–H and O–H groups in total. The van der Waals surface area contributed by atoms with Crippen LogP contribution in [0.2, 0.25) is 0 Å². The summed E-state index contributed by atoms with van der Waals surface area (Å²) in [6, 6.07) is 0. The van der Waals surface area contributed by atoms with Crippen LogP contribution in [0.3, 0.4) is 0 Å². The van der Waals surface area contributed by atoms with E-state index in [1.54, 1.807) is 0 Å². The van der Waals surface area contributed by atoms with Crippen molar-refractivity contribution >= 4 is 11.7 Å². The van der Waals surface area contributed by atoms with E-state index < -0.39 is 0 Å². The van der Waals surface area contributed by atoms with Crippen LogP contribution in [-0.4, -0.2) is 11.7 Å². The van der Waals surface area contributed by atoms with Gasteiger partial charge in [-0.05, 0) is 25.7 Å². The summed E-state index contributed by atoms with van der Waals surface area (Å²) in [5.74, 6) is 0.607. The van der Waals surface area contributed by atoms with Gasteiger partial charge in [-0.15, -0.1) is 5.10 Å². The monoisotopic (exact) mass is 266 g/mol. The zero-order valence-corrected chi connectivity index (χ0v) is 12.4. The molecule has 0 bridgehead atoms. The summed E-state index contributed by atoms with van der Waals surface area (Å²) in [5.41, 5.74) is 11.7. The van der Waals surface area contributed by atoms with Crippen LogP contribution in [0.15, 0.2) is 10.2 Å². The van der Waals surface area contributed by atoms with Crippen molar-refractivity contribution in [3.05, 3.63) is 0 Å². The van der Waals surface area contributed by atoms with E-state index in [9.17, 15) is 0 Å². The van der Waals surface area contributed by atoms with Gasteiger partial charge in [0.15, 0.2) is 0 Å². The predicted octanol–water partition coefficient (Wildman–Crippen LogP) is 3.56. The highest BCUT2D eigenvalue weighted by atomic mass is 15.3. The maximum Gasteiger partial charge on any atom is 0.211 e. The molecule has 0 saturated heterocycles. The number of nitrogens with zero attached hydrogens (tertiary/aromatic N) is 2. The minimum Gasteiger partial charge on any atom is -0.369 e. The third-order valence-electron chi connectivity index (χ3n) is 4.02. The molecule has 1 saturated carbocycles. The summed E-state index contributed by atoms with van der Waals surface area (Å²) >= 11 is 0. The van der Waals surface area contributed by atoms with Gasteiger partial charge in [0.05, 0.1) is 0 Å². The molecule has 0 amide bonds. The Morgan fingerprint density at radius 3 is 1.58 bits per heavy atom. The highest BCUT2D eigenvalue weighted by Gasteiger charge is 2.12. The first-order chi connectivity index (χ1) is 9.20. The van der Waals surface area contributed by atoms with Crippen molar-refractivity contribution in [1.82, 2.24) is 0 Å². The molecule has 0 radical (unpaired) electrons. The van der Waals surface area contributed by atoms with Crippen LogP contribution in [0.4, 0.5) is 0 Å². The lowest BCUT2D eigenvalue weighted by atomic mass is 9.90. The van der Waals surface area contributed by atoms with E-state index in [0.29, 0.717) is 5.92 Å². The van der Waals surface area contributed by atoms with Crippen molar-refractivity contribution in [1.29, 1.82) is 0 Å². The average molecular weight is 266 g/mol. The molecule has 1 aliphatic carbocycles. The standard InChI is InChI=1S/C15H30N4/c1-13(18-19-15(16)17)14-11-9-7-5-3-2-4-6-8-10-12-14/h14H,2-12H2,1H3,(H4,16,17,19)/b18-13+. The van der Waals surface area contributed by atoms with Crippen LogP contribution >= 0.6 is 0 Å². The SMILES string of the molecule is C/C(=N\N=C(N)N)C1CCCCCCCCCCC1. The molecule has 1 fully saturated rings. The van der Waals surface area contributed by atoms with Crippen LogP contribution in [-0.2, 0) is 0 Å². The molecule has 4 heteroatoms. The van der Waals surface area contributed by atoms with Gasteiger partial charge in [0.1, 0.15) is 0 Å². The van der Waals surface area contributed by atoms with Crippen molar-refractivity contribution in [2.45, 2.75) is 77.6 Å². The quantitative estimate of drug-likeness (QED) is 0.455. The van der Waals surface area contributed by atoms with E-state index in [-0.39, 0.29) is 5.96 Å². The van der Waals surface area contributed by atoms with Gasteiger partial charge in [0.2, 0.25) is 5.96 Å². The van der Waals surface area contributed by atoms with Gasteiger partial charge in [0.25, 0.3) is 0 Å². The molecule has 110 valence electrons. The van der Waals surface area contributed by atoms with E-state index >= 15 is 0 Å². The maximum absolute atomic E-state index is 5.33. The van der Waals surface area contributed by atoms with Crippen molar-refractivity contribution < 1.29 is 0 Å². The molecule has 0 aromatic rings. The Hall–Kier alpha value is -1.06. The zero-order chi connectivity index (χ0) is 13.9. The number of hydrogen-bond acceptors (Lipinski definition) is 2. The number of guanidine groups is 1. The Bertz CT molecular complexity index is 281. The second-order valence-electron chi connectivity index (χ2n) is 5.72. The number of rotatable bonds is 2.